The number of nitrogens with zero attached hydrogens (tertiary/aromatic N) is 1. The van der Waals surface area contributed by atoms with E-state index in [1.807, 2.05) is 18.2 Å². The zero-order valence-electron chi connectivity index (χ0n) is 15.5. The molecule has 4 rings (SSSR count). The third-order valence-corrected chi connectivity index (χ3v) is 4.87. The zero-order valence-corrected chi connectivity index (χ0v) is 15.5. The Morgan fingerprint density at radius 2 is 1.57 bits per heavy atom. The molecule has 0 saturated heterocycles. The standard InChI is InChI=1S/C23H20N2O3/c1-28-20-12-10-19(11-13-20)24-22(26)17-6-8-18(9-7-17)23(27)25-15-14-16-4-2-3-5-21(16)25/h2-13H,14-15H2,1H3,(H,24,26). The second-order valence-corrected chi connectivity index (χ2v) is 6.60. The van der Waals surface area contributed by atoms with Gasteiger partial charge in [0.15, 0.2) is 0 Å². The summed E-state index contributed by atoms with van der Waals surface area (Å²) in [5, 5.41) is 2.84. The lowest BCUT2D eigenvalue weighted by Crippen LogP contribution is -2.28. The number of rotatable bonds is 4. The van der Waals surface area contributed by atoms with Crippen molar-refractivity contribution < 1.29 is 14.3 Å². The van der Waals surface area contributed by atoms with Crippen molar-refractivity contribution in [2.45, 2.75) is 6.42 Å². The van der Waals surface area contributed by atoms with Crippen LogP contribution in [0.1, 0.15) is 26.3 Å². The lowest BCUT2D eigenvalue weighted by atomic mass is 10.1. The van der Waals surface area contributed by atoms with Crippen molar-refractivity contribution in [2.75, 3.05) is 23.9 Å². The lowest BCUT2D eigenvalue weighted by Gasteiger charge is -2.17. The monoisotopic (exact) mass is 372 g/mol. The van der Waals surface area contributed by atoms with E-state index in [0.29, 0.717) is 23.4 Å². The fourth-order valence-corrected chi connectivity index (χ4v) is 3.35. The van der Waals surface area contributed by atoms with Crippen LogP contribution in [0.3, 0.4) is 0 Å². The van der Waals surface area contributed by atoms with E-state index in [1.165, 1.54) is 5.56 Å². The van der Waals surface area contributed by atoms with Crippen molar-refractivity contribution in [3.05, 3.63) is 89.5 Å². The van der Waals surface area contributed by atoms with E-state index in [2.05, 4.69) is 11.4 Å². The highest BCUT2D eigenvalue weighted by molar-refractivity contribution is 6.09. The molecule has 1 heterocycles. The fraction of sp³-hybridized carbons (Fsp3) is 0.130. The van der Waals surface area contributed by atoms with Gasteiger partial charge < -0.3 is 15.0 Å². The van der Waals surface area contributed by atoms with Crippen molar-refractivity contribution in [3.63, 3.8) is 0 Å². The summed E-state index contributed by atoms with van der Waals surface area (Å²) in [4.78, 5) is 27.1. The van der Waals surface area contributed by atoms with Crippen LogP contribution < -0.4 is 15.0 Å². The molecule has 0 radical (unpaired) electrons. The molecule has 0 fully saturated rings. The van der Waals surface area contributed by atoms with Gasteiger partial charge in [-0.25, -0.2) is 0 Å². The third-order valence-electron chi connectivity index (χ3n) is 4.87. The van der Waals surface area contributed by atoms with Gasteiger partial charge in [0.05, 0.1) is 7.11 Å². The van der Waals surface area contributed by atoms with E-state index in [1.54, 1.807) is 60.5 Å². The smallest absolute Gasteiger partial charge is 0.258 e. The van der Waals surface area contributed by atoms with Crippen LogP contribution in [0.4, 0.5) is 11.4 Å². The van der Waals surface area contributed by atoms with E-state index in [9.17, 15) is 9.59 Å². The summed E-state index contributed by atoms with van der Waals surface area (Å²) in [5.74, 6) is 0.451. The highest BCUT2D eigenvalue weighted by atomic mass is 16.5. The molecule has 0 unspecified atom stereocenters. The largest absolute Gasteiger partial charge is 0.497 e. The number of benzene rings is 3. The SMILES string of the molecule is COc1ccc(NC(=O)c2ccc(C(=O)N3CCc4ccccc43)cc2)cc1. The average Bonchev–Trinajstić information content (AvgIpc) is 3.18. The van der Waals surface area contributed by atoms with E-state index < -0.39 is 0 Å². The van der Waals surface area contributed by atoms with Gasteiger partial charge in [-0.1, -0.05) is 18.2 Å². The molecule has 1 aliphatic rings. The molecular formula is C23H20N2O3. The number of hydrogen-bond donors (Lipinski definition) is 1. The van der Waals surface area contributed by atoms with Crippen molar-refractivity contribution in [2.24, 2.45) is 0 Å². The molecule has 0 bridgehead atoms. The van der Waals surface area contributed by atoms with Gasteiger partial charge in [-0.3, -0.25) is 9.59 Å². The van der Waals surface area contributed by atoms with Gasteiger partial charge in [-0.15, -0.1) is 0 Å². The minimum Gasteiger partial charge on any atom is -0.497 e. The maximum absolute atomic E-state index is 12.9. The van der Waals surface area contributed by atoms with Crippen molar-refractivity contribution in [1.29, 1.82) is 0 Å². The third kappa shape index (κ3) is 3.47. The molecule has 0 aliphatic carbocycles. The number of anilines is 2. The summed E-state index contributed by atoms with van der Waals surface area (Å²) in [5.41, 5.74) is 3.90. The first-order chi connectivity index (χ1) is 13.7. The lowest BCUT2D eigenvalue weighted by molar-refractivity contribution is 0.0986. The molecule has 0 spiro atoms. The number of hydrogen-bond acceptors (Lipinski definition) is 3. The molecule has 0 aromatic heterocycles. The van der Waals surface area contributed by atoms with Gasteiger partial charge in [-0.05, 0) is 66.6 Å². The van der Waals surface area contributed by atoms with Crippen molar-refractivity contribution >= 4 is 23.2 Å². The van der Waals surface area contributed by atoms with E-state index in [4.69, 9.17) is 4.74 Å². The Morgan fingerprint density at radius 3 is 2.29 bits per heavy atom. The number of para-hydroxylation sites is 1. The summed E-state index contributed by atoms with van der Waals surface area (Å²) < 4.78 is 5.11. The first kappa shape index (κ1) is 17.8. The summed E-state index contributed by atoms with van der Waals surface area (Å²) >= 11 is 0. The van der Waals surface area contributed by atoms with Crippen LogP contribution in [-0.2, 0) is 6.42 Å². The Bertz CT molecular complexity index is 1010. The highest BCUT2D eigenvalue weighted by Gasteiger charge is 2.25. The number of amides is 2. The van der Waals surface area contributed by atoms with Crippen molar-refractivity contribution in [3.8, 4) is 5.75 Å². The predicted octanol–water partition coefficient (Wildman–Crippen LogP) is 4.15. The Morgan fingerprint density at radius 1 is 0.893 bits per heavy atom. The molecule has 5 heteroatoms. The minimum absolute atomic E-state index is 0.0490. The Kier molecular flexibility index (Phi) is 4.81. The van der Waals surface area contributed by atoms with E-state index in [0.717, 1.165) is 17.9 Å². The molecule has 0 saturated carbocycles. The number of fused-ring (bicyclic) bond motifs is 1. The fourth-order valence-electron chi connectivity index (χ4n) is 3.35. The molecule has 2 amide bonds. The summed E-state index contributed by atoms with van der Waals surface area (Å²) in [6.45, 7) is 0.678. The number of methoxy groups -OCH3 is 1. The Balaban J connectivity index is 1.46. The topological polar surface area (TPSA) is 58.6 Å². The molecular weight excluding hydrogens is 352 g/mol. The van der Waals surface area contributed by atoms with Crippen LogP contribution in [0.5, 0.6) is 5.75 Å². The summed E-state index contributed by atoms with van der Waals surface area (Å²) in [6, 6.07) is 21.8. The molecule has 3 aromatic rings. The summed E-state index contributed by atoms with van der Waals surface area (Å²) in [7, 11) is 1.59. The van der Waals surface area contributed by atoms with Crippen LogP contribution in [0.15, 0.2) is 72.8 Å². The second kappa shape index (κ2) is 7.56. The van der Waals surface area contributed by atoms with Crippen LogP contribution >= 0.6 is 0 Å². The minimum atomic E-state index is -0.226. The zero-order chi connectivity index (χ0) is 19.5. The van der Waals surface area contributed by atoms with E-state index >= 15 is 0 Å². The van der Waals surface area contributed by atoms with Gasteiger partial charge in [0, 0.05) is 29.0 Å². The molecule has 5 nitrogen and oxygen atoms in total. The molecule has 3 aromatic carbocycles. The molecule has 140 valence electrons. The van der Waals surface area contributed by atoms with Crippen LogP contribution in [-0.4, -0.2) is 25.5 Å². The van der Waals surface area contributed by atoms with Gasteiger partial charge in [0.2, 0.25) is 0 Å². The first-order valence-electron chi connectivity index (χ1n) is 9.11. The number of carbonyl (C=O) groups is 2. The predicted molar refractivity (Wildman–Crippen MR) is 109 cm³/mol. The molecule has 0 atom stereocenters. The molecule has 1 N–H and O–H groups in total. The van der Waals surface area contributed by atoms with Gasteiger partial charge in [0.1, 0.15) is 5.75 Å². The molecule has 28 heavy (non-hydrogen) atoms. The number of nitrogens with one attached hydrogen (secondary N) is 1. The number of ether oxygens (including phenoxy) is 1. The maximum atomic E-state index is 12.9. The van der Waals surface area contributed by atoms with Crippen LogP contribution in [0.2, 0.25) is 0 Å². The van der Waals surface area contributed by atoms with Crippen LogP contribution in [0.25, 0.3) is 0 Å². The van der Waals surface area contributed by atoms with Gasteiger partial charge in [-0.2, -0.15) is 0 Å². The Hall–Kier alpha value is -3.60. The normalized spacial score (nSPS) is 12.4. The summed E-state index contributed by atoms with van der Waals surface area (Å²) in [6.07, 6.45) is 0.865. The van der Waals surface area contributed by atoms with Crippen LogP contribution in [0, 0.1) is 0 Å². The van der Waals surface area contributed by atoms with Gasteiger partial charge in [0.25, 0.3) is 11.8 Å². The molecule has 1 aliphatic heterocycles. The van der Waals surface area contributed by atoms with Gasteiger partial charge >= 0.3 is 0 Å². The van der Waals surface area contributed by atoms with E-state index in [-0.39, 0.29) is 11.8 Å². The quantitative estimate of drug-likeness (QED) is 0.748. The second-order valence-electron chi connectivity index (χ2n) is 6.60. The first-order valence-corrected chi connectivity index (χ1v) is 9.11. The average molecular weight is 372 g/mol. The van der Waals surface area contributed by atoms with Crippen molar-refractivity contribution in [1.82, 2.24) is 0 Å². The number of carbonyl (C=O) groups excluding carboxylic acids is 2. The maximum Gasteiger partial charge on any atom is 0.258 e. The highest BCUT2D eigenvalue weighted by Crippen LogP contribution is 2.28. The Labute approximate surface area is 163 Å².